The number of nitrogens with zero attached hydrogens (tertiary/aromatic N) is 4. The summed E-state index contributed by atoms with van der Waals surface area (Å²) in [6.45, 7) is 2.86. The van der Waals surface area contributed by atoms with Crippen LogP contribution in [-0.4, -0.2) is 36.4 Å². The average molecular weight is 449 g/mol. The maximum absolute atomic E-state index is 13.0. The summed E-state index contributed by atoms with van der Waals surface area (Å²) in [6, 6.07) is 13.8. The molecule has 158 valence electrons. The molecule has 1 aliphatic heterocycles. The van der Waals surface area contributed by atoms with Gasteiger partial charge in [0, 0.05) is 36.3 Å². The number of hydrogen-bond acceptors (Lipinski definition) is 5. The zero-order valence-corrected chi connectivity index (χ0v) is 19.0. The number of thioether (sulfide) groups is 1. The number of amides is 1. The van der Waals surface area contributed by atoms with Crippen LogP contribution in [0.15, 0.2) is 66.0 Å². The van der Waals surface area contributed by atoms with Gasteiger partial charge in [0.1, 0.15) is 10.0 Å². The molecule has 0 saturated carbocycles. The van der Waals surface area contributed by atoms with Crippen molar-refractivity contribution in [2.24, 2.45) is 0 Å². The molecular formula is C24H24N4OS2. The number of carbonyl (C=O) groups is 1. The van der Waals surface area contributed by atoms with Crippen LogP contribution >= 0.6 is 24.0 Å². The number of pyridine rings is 1. The second kappa shape index (κ2) is 10.0. The summed E-state index contributed by atoms with van der Waals surface area (Å²) < 4.78 is 2.47. The molecule has 0 N–H and O–H groups in total. The minimum absolute atomic E-state index is 0.0142. The average Bonchev–Trinajstić information content (AvgIpc) is 3.34. The molecule has 0 radical (unpaired) electrons. The van der Waals surface area contributed by atoms with E-state index in [0.717, 1.165) is 35.3 Å². The van der Waals surface area contributed by atoms with Crippen molar-refractivity contribution in [2.45, 2.75) is 32.6 Å². The van der Waals surface area contributed by atoms with Gasteiger partial charge in [-0.1, -0.05) is 68.4 Å². The number of rotatable bonds is 8. The van der Waals surface area contributed by atoms with E-state index in [2.05, 4.69) is 11.9 Å². The van der Waals surface area contributed by atoms with Crippen molar-refractivity contribution in [2.75, 3.05) is 6.54 Å². The fourth-order valence-electron chi connectivity index (χ4n) is 3.47. The monoisotopic (exact) mass is 448 g/mol. The Balaban J connectivity index is 1.65. The van der Waals surface area contributed by atoms with E-state index in [1.54, 1.807) is 17.3 Å². The second-order valence-corrected chi connectivity index (χ2v) is 9.02. The van der Waals surface area contributed by atoms with Crippen molar-refractivity contribution in [3.8, 4) is 16.9 Å². The van der Waals surface area contributed by atoms with Crippen molar-refractivity contribution in [1.29, 1.82) is 0 Å². The highest BCUT2D eigenvalue weighted by atomic mass is 32.2. The predicted octanol–water partition coefficient (Wildman–Crippen LogP) is 5.72. The Morgan fingerprint density at radius 2 is 1.84 bits per heavy atom. The number of aromatic nitrogens is 3. The van der Waals surface area contributed by atoms with E-state index in [9.17, 15) is 4.79 Å². The second-order valence-electron chi connectivity index (χ2n) is 7.34. The van der Waals surface area contributed by atoms with Crippen LogP contribution in [0.4, 0.5) is 0 Å². The first-order chi connectivity index (χ1) is 15.2. The van der Waals surface area contributed by atoms with Gasteiger partial charge in [-0.2, -0.15) is 5.10 Å². The highest BCUT2D eigenvalue weighted by molar-refractivity contribution is 8.26. The first kappa shape index (κ1) is 21.5. The number of unbranched alkanes of at least 4 members (excludes halogenated alkanes) is 3. The van der Waals surface area contributed by atoms with Gasteiger partial charge in [0.15, 0.2) is 0 Å². The molecule has 1 fully saturated rings. The highest BCUT2D eigenvalue weighted by Crippen LogP contribution is 2.35. The summed E-state index contributed by atoms with van der Waals surface area (Å²) in [4.78, 5) is 19.5. The minimum Gasteiger partial charge on any atom is -0.293 e. The number of para-hydroxylation sites is 1. The zero-order valence-electron chi connectivity index (χ0n) is 17.4. The number of benzene rings is 1. The van der Waals surface area contributed by atoms with E-state index < -0.39 is 0 Å². The highest BCUT2D eigenvalue weighted by Gasteiger charge is 2.32. The fourth-order valence-corrected chi connectivity index (χ4v) is 4.77. The molecule has 0 atom stereocenters. The Labute approximate surface area is 192 Å². The minimum atomic E-state index is -0.0142. The lowest BCUT2D eigenvalue weighted by atomic mass is 10.1. The van der Waals surface area contributed by atoms with Gasteiger partial charge in [-0.3, -0.25) is 14.7 Å². The molecule has 3 heterocycles. The maximum Gasteiger partial charge on any atom is 0.266 e. The van der Waals surface area contributed by atoms with Crippen molar-refractivity contribution >= 4 is 40.3 Å². The molecule has 1 amide bonds. The normalized spacial score (nSPS) is 15.3. The molecule has 31 heavy (non-hydrogen) atoms. The third-order valence-corrected chi connectivity index (χ3v) is 6.49. The van der Waals surface area contributed by atoms with Crippen molar-refractivity contribution in [1.82, 2.24) is 19.7 Å². The van der Waals surface area contributed by atoms with Crippen LogP contribution in [-0.2, 0) is 4.79 Å². The van der Waals surface area contributed by atoms with Crippen molar-refractivity contribution in [3.05, 3.63) is 71.5 Å². The van der Waals surface area contributed by atoms with Gasteiger partial charge in [-0.05, 0) is 36.8 Å². The molecule has 1 saturated heterocycles. The molecular weight excluding hydrogens is 424 g/mol. The van der Waals surface area contributed by atoms with E-state index in [0.29, 0.717) is 15.8 Å². The van der Waals surface area contributed by atoms with E-state index in [4.69, 9.17) is 17.3 Å². The molecule has 0 unspecified atom stereocenters. The standard InChI is InChI=1S/C24H24N4OS2/c1-2-3-4-8-15-27-23(29)21(31-24(27)30)16-19-17-28(20-9-6-5-7-10-20)26-22(19)18-11-13-25-14-12-18/h5-7,9-14,16-17H,2-4,8,15H2,1H3. The molecule has 5 nitrogen and oxygen atoms in total. The molecule has 3 aromatic rings. The largest absolute Gasteiger partial charge is 0.293 e. The van der Waals surface area contributed by atoms with E-state index in [1.807, 2.05) is 59.4 Å². The van der Waals surface area contributed by atoms with E-state index in [1.165, 1.54) is 24.6 Å². The summed E-state index contributed by atoms with van der Waals surface area (Å²) in [6.07, 6.45) is 11.8. The lowest BCUT2D eigenvalue weighted by Gasteiger charge is -2.13. The van der Waals surface area contributed by atoms with Crippen LogP contribution in [0, 0.1) is 0 Å². The van der Waals surface area contributed by atoms with Gasteiger partial charge in [0.05, 0.1) is 10.6 Å². The molecule has 7 heteroatoms. The van der Waals surface area contributed by atoms with Crippen LogP contribution in [0.2, 0.25) is 0 Å². The fraction of sp³-hybridized carbons (Fsp3) is 0.250. The van der Waals surface area contributed by atoms with Gasteiger partial charge in [-0.15, -0.1) is 0 Å². The topological polar surface area (TPSA) is 51.0 Å². The van der Waals surface area contributed by atoms with Crippen LogP contribution in [0.25, 0.3) is 23.0 Å². The Morgan fingerprint density at radius 3 is 2.58 bits per heavy atom. The van der Waals surface area contributed by atoms with Crippen LogP contribution < -0.4 is 0 Å². The molecule has 0 bridgehead atoms. The summed E-state index contributed by atoms with van der Waals surface area (Å²) in [7, 11) is 0. The molecule has 1 aliphatic rings. The predicted molar refractivity (Wildman–Crippen MR) is 131 cm³/mol. The van der Waals surface area contributed by atoms with Crippen LogP contribution in [0.1, 0.15) is 38.2 Å². The third-order valence-electron chi connectivity index (χ3n) is 5.11. The lowest BCUT2D eigenvalue weighted by molar-refractivity contribution is -0.122. The lowest BCUT2D eigenvalue weighted by Crippen LogP contribution is -2.29. The zero-order chi connectivity index (χ0) is 21.6. The Morgan fingerprint density at radius 1 is 1.06 bits per heavy atom. The summed E-state index contributed by atoms with van der Waals surface area (Å²) in [5.74, 6) is -0.0142. The number of thiocarbonyl (C=S) groups is 1. The maximum atomic E-state index is 13.0. The van der Waals surface area contributed by atoms with Gasteiger partial charge >= 0.3 is 0 Å². The third kappa shape index (κ3) is 4.94. The van der Waals surface area contributed by atoms with Crippen LogP contribution in [0.3, 0.4) is 0 Å². The SMILES string of the molecule is CCCCCCN1C(=O)C(=Cc2cn(-c3ccccc3)nc2-c2ccncc2)SC1=S. The quantitative estimate of drug-likeness (QED) is 0.251. The van der Waals surface area contributed by atoms with E-state index in [-0.39, 0.29) is 5.91 Å². The van der Waals surface area contributed by atoms with Gasteiger partial charge in [0.25, 0.3) is 5.91 Å². The van der Waals surface area contributed by atoms with Crippen molar-refractivity contribution < 1.29 is 4.79 Å². The number of carbonyl (C=O) groups excluding carboxylic acids is 1. The molecule has 4 rings (SSSR count). The summed E-state index contributed by atoms with van der Waals surface area (Å²) >= 11 is 6.86. The first-order valence-electron chi connectivity index (χ1n) is 10.5. The van der Waals surface area contributed by atoms with Gasteiger partial charge in [0.2, 0.25) is 0 Å². The Hall–Kier alpha value is -2.77. The molecule has 0 aliphatic carbocycles. The summed E-state index contributed by atoms with van der Waals surface area (Å²) in [5, 5.41) is 4.80. The Bertz CT molecular complexity index is 1090. The van der Waals surface area contributed by atoms with E-state index >= 15 is 0 Å². The molecule has 1 aromatic carbocycles. The number of hydrogen-bond donors (Lipinski definition) is 0. The molecule has 0 spiro atoms. The molecule has 2 aromatic heterocycles. The van der Waals surface area contributed by atoms with Gasteiger partial charge < -0.3 is 0 Å². The van der Waals surface area contributed by atoms with Crippen LogP contribution in [0.5, 0.6) is 0 Å². The first-order valence-corrected chi connectivity index (χ1v) is 11.7. The smallest absolute Gasteiger partial charge is 0.266 e. The Kier molecular flexibility index (Phi) is 6.94. The van der Waals surface area contributed by atoms with Crippen molar-refractivity contribution in [3.63, 3.8) is 0 Å². The van der Waals surface area contributed by atoms with Gasteiger partial charge in [-0.25, -0.2) is 4.68 Å². The summed E-state index contributed by atoms with van der Waals surface area (Å²) in [5.41, 5.74) is 3.59.